The van der Waals surface area contributed by atoms with Crippen molar-refractivity contribution < 1.29 is 4.74 Å². The van der Waals surface area contributed by atoms with E-state index in [1.54, 1.807) is 7.11 Å². The van der Waals surface area contributed by atoms with E-state index in [4.69, 9.17) is 4.74 Å². The molecule has 1 atom stereocenters. The number of rotatable bonds is 4. The molecule has 0 aliphatic heterocycles. The molecule has 1 unspecified atom stereocenters. The lowest BCUT2D eigenvalue weighted by atomic mass is 9.87. The Hall–Kier alpha value is -2.68. The second kappa shape index (κ2) is 7.38. The Morgan fingerprint density at radius 3 is 2.68 bits per heavy atom. The van der Waals surface area contributed by atoms with Gasteiger partial charge in [0.25, 0.3) is 0 Å². The minimum absolute atomic E-state index is 0.397. The highest BCUT2D eigenvalue weighted by Crippen LogP contribution is 2.41. The van der Waals surface area contributed by atoms with E-state index in [1.165, 1.54) is 46.7 Å². The van der Waals surface area contributed by atoms with Gasteiger partial charge in [0, 0.05) is 40.3 Å². The first-order valence-corrected chi connectivity index (χ1v) is 10.5. The first-order chi connectivity index (χ1) is 13.8. The zero-order valence-corrected chi connectivity index (χ0v) is 16.6. The number of hydrogen-bond donors (Lipinski definition) is 1. The summed E-state index contributed by atoms with van der Waals surface area (Å²) >= 11 is 0. The van der Waals surface area contributed by atoms with E-state index in [2.05, 4.69) is 64.5 Å². The number of benzene rings is 1. The van der Waals surface area contributed by atoms with Crippen LogP contribution in [0, 0.1) is 0 Å². The first kappa shape index (κ1) is 17.4. The van der Waals surface area contributed by atoms with E-state index in [9.17, 15) is 0 Å². The minimum atomic E-state index is 0.397. The monoisotopic (exact) mass is 372 g/mol. The van der Waals surface area contributed by atoms with Gasteiger partial charge in [-0.05, 0) is 62.8 Å². The maximum atomic E-state index is 5.39. The third kappa shape index (κ3) is 2.99. The maximum Gasteiger partial charge on any atom is 0.0959 e. The Kier molecular flexibility index (Phi) is 4.59. The molecule has 144 valence electrons. The van der Waals surface area contributed by atoms with Crippen LogP contribution in [-0.2, 0) is 17.6 Å². The second-order valence-electron chi connectivity index (χ2n) is 7.95. The zero-order valence-electron chi connectivity index (χ0n) is 16.6. The lowest BCUT2D eigenvalue weighted by Gasteiger charge is -2.29. The third-order valence-corrected chi connectivity index (χ3v) is 6.29. The Morgan fingerprint density at radius 2 is 1.89 bits per heavy atom. The van der Waals surface area contributed by atoms with Gasteiger partial charge in [0.1, 0.15) is 0 Å². The molecule has 3 heteroatoms. The Bertz CT molecular complexity index is 962. The smallest absolute Gasteiger partial charge is 0.0959 e. The van der Waals surface area contributed by atoms with Gasteiger partial charge in [0.15, 0.2) is 0 Å². The number of aromatic nitrogens is 1. The summed E-state index contributed by atoms with van der Waals surface area (Å²) in [5, 5.41) is 3.89. The van der Waals surface area contributed by atoms with Crippen molar-refractivity contribution in [2.45, 2.75) is 51.0 Å². The van der Waals surface area contributed by atoms with Crippen LogP contribution >= 0.6 is 0 Å². The van der Waals surface area contributed by atoms with Gasteiger partial charge in [-0.1, -0.05) is 30.4 Å². The number of ether oxygens (including phenoxy) is 1. The Morgan fingerprint density at radius 1 is 1.00 bits per heavy atom. The fourth-order valence-electron chi connectivity index (χ4n) is 4.99. The fourth-order valence-corrected chi connectivity index (χ4v) is 4.99. The van der Waals surface area contributed by atoms with E-state index in [0.29, 0.717) is 6.04 Å². The molecule has 1 N–H and O–H groups in total. The van der Waals surface area contributed by atoms with Crippen LogP contribution in [0.5, 0.6) is 0 Å². The molecule has 0 radical (unpaired) electrons. The summed E-state index contributed by atoms with van der Waals surface area (Å²) in [6, 6.07) is 11.3. The molecular weight excluding hydrogens is 344 g/mol. The second-order valence-corrected chi connectivity index (χ2v) is 7.95. The van der Waals surface area contributed by atoms with Crippen molar-refractivity contribution in [1.82, 2.24) is 9.88 Å². The number of hydrogen-bond acceptors (Lipinski definition) is 2. The number of nitrogens with one attached hydrogen (secondary N) is 1. The highest BCUT2D eigenvalue weighted by Gasteiger charge is 2.31. The molecule has 1 heterocycles. The van der Waals surface area contributed by atoms with Crippen LogP contribution in [0.25, 0.3) is 11.8 Å². The average molecular weight is 373 g/mol. The molecule has 5 rings (SSSR count). The van der Waals surface area contributed by atoms with Crippen LogP contribution in [0.2, 0.25) is 0 Å². The summed E-state index contributed by atoms with van der Waals surface area (Å²) < 4.78 is 7.94. The van der Waals surface area contributed by atoms with Crippen LogP contribution in [0.1, 0.15) is 60.7 Å². The number of nitrogens with zero attached hydrogens (tertiary/aromatic N) is 1. The molecule has 28 heavy (non-hydrogen) atoms. The summed E-state index contributed by atoms with van der Waals surface area (Å²) in [5.74, 6) is 1.07. The van der Waals surface area contributed by atoms with Crippen LogP contribution in [0.4, 0.5) is 0 Å². The van der Waals surface area contributed by atoms with Gasteiger partial charge < -0.3 is 14.6 Å². The average Bonchev–Trinajstić information content (AvgIpc) is 3.10. The van der Waals surface area contributed by atoms with Crippen LogP contribution in [0.15, 0.2) is 60.0 Å². The normalized spacial score (nSPS) is 20.7. The van der Waals surface area contributed by atoms with Crippen LogP contribution < -0.4 is 5.32 Å². The van der Waals surface area contributed by atoms with Crippen molar-refractivity contribution in [2.24, 2.45) is 0 Å². The quantitative estimate of drug-likeness (QED) is 0.755. The Balaban J connectivity index is 1.57. The van der Waals surface area contributed by atoms with Gasteiger partial charge >= 0.3 is 0 Å². The van der Waals surface area contributed by atoms with Gasteiger partial charge in [-0.2, -0.15) is 0 Å². The fraction of sp³-hybridized carbons (Fsp3) is 0.360. The number of fused-ring (bicyclic) bond motifs is 3. The summed E-state index contributed by atoms with van der Waals surface area (Å²) in [4.78, 5) is 0. The number of methoxy groups -OCH3 is 1. The molecule has 0 bridgehead atoms. The van der Waals surface area contributed by atoms with Crippen LogP contribution in [-0.4, -0.2) is 11.7 Å². The SMILES string of the molecule is COC1=CC=C(NC2CCCc3c2c2c(n3-c3ccccc3)CCC=C2)CC1. The zero-order chi connectivity index (χ0) is 18.9. The van der Waals surface area contributed by atoms with Crippen molar-refractivity contribution in [2.75, 3.05) is 7.11 Å². The molecule has 0 fully saturated rings. The molecule has 1 aromatic heterocycles. The van der Waals surface area contributed by atoms with E-state index >= 15 is 0 Å². The molecule has 3 aliphatic rings. The predicted molar refractivity (Wildman–Crippen MR) is 114 cm³/mol. The van der Waals surface area contributed by atoms with Crippen molar-refractivity contribution in [3.8, 4) is 5.69 Å². The standard InChI is InChI=1S/C25H28N2O/c1-28-20-16-14-18(15-17-20)26-22-11-7-13-24-25(22)21-10-5-6-12-23(21)27(24)19-8-3-2-4-9-19/h2-5,8-10,14,16,22,26H,6-7,11-13,15,17H2,1H3. The van der Waals surface area contributed by atoms with Crippen molar-refractivity contribution in [1.29, 1.82) is 0 Å². The van der Waals surface area contributed by atoms with E-state index in [1.807, 2.05) is 0 Å². The molecule has 1 aromatic carbocycles. The predicted octanol–water partition coefficient (Wildman–Crippen LogP) is 5.61. The minimum Gasteiger partial charge on any atom is -0.501 e. The molecule has 3 nitrogen and oxygen atoms in total. The van der Waals surface area contributed by atoms with Gasteiger partial charge in [-0.25, -0.2) is 0 Å². The van der Waals surface area contributed by atoms with Crippen molar-refractivity contribution in [3.05, 3.63) is 82.5 Å². The largest absolute Gasteiger partial charge is 0.501 e. The third-order valence-electron chi connectivity index (χ3n) is 6.29. The Labute approximate surface area is 167 Å². The number of allylic oxidation sites excluding steroid dienone is 5. The van der Waals surface area contributed by atoms with Crippen molar-refractivity contribution >= 4 is 6.08 Å². The van der Waals surface area contributed by atoms with Gasteiger partial charge in [-0.3, -0.25) is 0 Å². The molecular formula is C25H28N2O. The topological polar surface area (TPSA) is 26.2 Å². The van der Waals surface area contributed by atoms with Gasteiger partial charge in [0.05, 0.1) is 18.9 Å². The summed E-state index contributed by atoms with van der Waals surface area (Å²) in [6.07, 6.45) is 16.9. The highest BCUT2D eigenvalue weighted by molar-refractivity contribution is 5.65. The van der Waals surface area contributed by atoms with E-state index in [-0.39, 0.29) is 0 Å². The molecule has 2 aromatic rings. The molecule has 0 saturated carbocycles. The van der Waals surface area contributed by atoms with Crippen LogP contribution in [0.3, 0.4) is 0 Å². The molecule has 3 aliphatic carbocycles. The van der Waals surface area contributed by atoms with Gasteiger partial charge in [-0.15, -0.1) is 0 Å². The maximum absolute atomic E-state index is 5.39. The number of para-hydroxylation sites is 1. The first-order valence-electron chi connectivity index (χ1n) is 10.5. The lowest BCUT2D eigenvalue weighted by Crippen LogP contribution is -2.26. The molecule has 0 amide bonds. The highest BCUT2D eigenvalue weighted by atomic mass is 16.5. The summed E-state index contributed by atoms with van der Waals surface area (Å²) in [5.41, 5.74) is 8.64. The molecule has 0 saturated heterocycles. The summed E-state index contributed by atoms with van der Waals surface area (Å²) in [7, 11) is 1.76. The van der Waals surface area contributed by atoms with Gasteiger partial charge in [0.2, 0.25) is 0 Å². The molecule has 0 spiro atoms. The van der Waals surface area contributed by atoms with E-state index < -0.39 is 0 Å². The van der Waals surface area contributed by atoms with E-state index in [0.717, 1.165) is 37.9 Å². The lowest BCUT2D eigenvalue weighted by molar-refractivity contribution is 0.274. The summed E-state index contributed by atoms with van der Waals surface area (Å²) in [6.45, 7) is 0. The van der Waals surface area contributed by atoms with Crippen molar-refractivity contribution in [3.63, 3.8) is 0 Å².